The second-order valence-corrected chi connectivity index (χ2v) is 3.92. The van der Waals surface area contributed by atoms with Crippen molar-refractivity contribution in [2.24, 2.45) is 5.73 Å². The number of pyridine rings is 1. The highest BCUT2D eigenvalue weighted by Crippen LogP contribution is 2.26. The minimum atomic E-state index is -0.480. The van der Waals surface area contributed by atoms with Crippen molar-refractivity contribution in [1.29, 1.82) is 0 Å². The molecule has 0 atom stereocenters. The average molecular weight is 242 g/mol. The Morgan fingerprint density at radius 3 is 2.72 bits per heavy atom. The summed E-state index contributed by atoms with van der Waals surface area (Å²) in [4.78, 5) is 15.4. The molecule has 1 heterocycles. The summed E-state index contributed by atoms with van der Waals surface area (Å²) in [6, 6.07) is 9.20. The van der Waals surface area contributed by atoms with Crippen LogP contribution in [0.25, 0.3) is 11.1 Å². The Hall–Kier alpha value is -2.20. The maximum absolute atomic E-state index is 11.4. The topological polar surface area (TPSA) is 76.2 Å². The fraction of sp³-hybridized carbons (Fsp3) is 0.143. The van der Waals surface area contributed by atoms with E-state index in [0.717, 1.165) is 11.1 Å². The second-order valence-electron chi connectivity index (χ2n) is 3.92. The Morgan fingerprint density at radius 2 is 2.00 bits per heavy atom. The van der Waals surface area contributed by atoms with Crippen LogP contribution < -0.4 is 5.73 Å². The summed E-state index contributed by atoms with van der Waals surface area (Å²) in [5.74, 6) is -0.480. The van der Waals surface area contributed by atoms with Gasteiger partial charge in [0.1, 0.15) is 0 Å². The lowest BCUT2D eigenvalue weighted by Gasteiger charge is -2.10. The summed E-state index contributed by atoms with van der Waals surface area (Å²) >= 11 is 0. The summed E-state index contributed by atoms with van der Waals surface area (Å²) in [5, 5.41) is 9.06. The Labute approximate surface area is 105 Å². The van der Waals surface area contributed by atoms with E-state index in [9.17, 15) is 4.79 Å². The van der Waals surface area contributed by atoms with Crippen LogP contribution in [-0.4, -0.2) is 22.6 Å². The first-order valence-electron chi connectivity index (χ1n) is 5.67. The first-order chi connectivity index (χ1) is 8.74. The van der Waals surface area contributed by atoms with Gasteiger partial charge in [-0.15, -0.1) is 0 Å². The van der Waals surface area contributed by atoms with Gasteiger partial charge in [-0.3, -0.25) is 9.78 Å². The second kappa shape index (κ2) is 5.42. The molecule has 1 amide bonds. The molecular weight excluding hydrogens is 228 g/mol. The summed E-state index contributed by atoms with van der Waals surface area (Å²) in [5.41, 5.74) is 8.35. The number of carbonyl (C=O) groups excluding carboxylic acids is 1. The lowest BCUT2D eigenvalue weighted by atomic mass is 9.95. The number of nitrogens with two attached hydrogens (primary N) is 1. The molecule has 0 bridgehead atoms. The summed E-state index contributed by atoms with van der Waals surface area (Å²) in [7, 11) is 0. The number of primary amides is 1. The maximum Gasteiger partial charge on any atom is 0.249 e. The molecule has 1 aromatic carbocycles. The molecule has 0 aliphatic heterocycles. The maximum atomic E-state index is 11.4. The van der Waals surface area contributed by atoms with Gasteiger partial charge in [-0.25, -0.2) is 0 Å². The summed E-state index contributed by atoms with van der Waals surface area (Å²) < 4.78 is 0. The van der Waals surface area contributed by atoms with E-state index >= 15 is 0 Å². The third-order valence-corrected chi connectivity index (χ3v) is 2.78. The molecule has 0 spiro atoms. The number of amides is 1. The van der Waals surface area contributed by atoms with Gasteiger partial charge < -0.3 is 10.8 Å². The van der Waals surface area contributed by atoms with Crippen molar-refractivity contribution < 1.29 is 9.90 Å². The van der Waals surface area contributed by atoms with Crippen molar-refractivity contribution in [3.05, 3.63) is 53.9 Å². The van der Waals surface area contributed by atoms with E-state index in [1.807, 2.05) is 24.3 Å². The molecule has 2 aromatic rings. The minimum absolute atomic E-state index is 0.0587. The number of aromatic nitrogens is 1. The molecule has 0 aliphatic carbocycles. The van der Waals surface area contributed by atoms with Gasteiger partial charge in [0.15, 0.2) is 0 Å². The van der Waals surface area contributed by atoms with Crippen LogP contribution in [0, 0.1) is 0 Å². The number of benzene rings is 1. The van der Waals surface area contributed by atoms with Crippen molar-refractivity contribution in [3.8, 4) is 11.1 Å². The fourth-order valence-corrected chi connectivity index (χ4v) is 1.95. The van der Waals surface area contributed by atoms with Crippen LogP contribution in [0.15, 0.2) is 42.7 Å². The lowest BCUT2D eigenvalue weighted by Crippen LogP contribution is -2.13. The summed E-state index contributed by atoms with van der Waals surface area (Å²) in [6.07, 6.45) is 3.69. The van der Waals surface area contributed by atoms with E-state index < -0.39 is 5.91 Å². The van der Waals surface area contributed by atoms with Crippen molar-refractivity contribution in [2.75, 3.05) is 6.61 Å². The van der Waals surface area contributed by atoms with Crippen molar-refractivity contribution in [2.45, 2.75) is 6.42 Å². The number of hydrogen-bond acceptors (Lipinski definition) is 3. The monoisotopic (exact) mass is 242 g/mol. The van der Waals surface area contributed by atoms with E-state index in [1.165, 1.54) is 6.20 Å². The Bertz CT molecular complexity index is 567. The first-order valence-corrected chi connectivity index (χ1v) is 5.67. The van der Waals surface area contributed by atoms with E-state index in [2.05, 4.69) is 4.98 Å². The third kappa shape index (κ3) is 2.38. The van der Waals surface area contributed by atoms with E-state index in [0.29, 0.717) is 17.5 Å². The van der Waals surface area contributed by atoms with Gasteiger partial charge in [0.25, 0.3) is 0 Å². The number of hydrogen-bond donors (Lipinski definition) is 2. The van der Waals surface area contributed by atoms with Gasteiger partial charge in [-0.2, -0.15) is 0 Å². The summed E-state index contributed by atoms with van der Waals surface area (Å²) in [6.45, 7) is 0.0587. The Morgan fingerprint density at radius 1 is 1.22 bits per heavy atom. The highest BCUT2D eigenvalue weighted by Gasteiger charge is 2.12. The van der Waals surface area contributed by atoms with Crippen LogP contribution in [0.3, 0.4) is 0 Å². The molecular formula is C14H14N2O2. The molecule has 2 rings (SSSR count). The van der Waals surface area contributed by atoms with Gasteiger partial charge in [0.05, 0.1) is 0 Å². The lowest BCUT2D eigenvalue weighted by molar-refractivity contribution is 0.100. The molecule has 0 radical (unpaired) electrons. The van der Waals surface area contributed by atoms with Gasteiger partial charge >= 0.3 is 0 Å². The zero-order chi connectivity index (χ0) is 13.0. The SMILES string of the molecule is NC(=O)c1ccncc1-c1ccccc1CCO. The molecule has 0 saturated heterocycles. The van der Waals surface area contributed by atoms with Crippen molar-refractivity contribution >= 4 is 5.91 Å². The predicted octanol–water partition coefficient (Wildman–Crippen LogP) is 1.38. The Balaban J connectivity index is 2.58. The molecule has 0 fully saturated rings. The zero-order valence-corrected chi connectivity index (χ0v) is 9.84. The van der Waals surface area contributed by atoms with E-state index in [-0.39, 0.29) is 6.61 Å². The van der Waals surface area contributed by atoms with Gasteiger partial charge in [-0.05, 0) is 23.6 Å². The van der Waals surface area contributed by atoms with Crippen LogP contribution in [-0.2, 0) is 6.42 Å². The van der Waals surface area contributed by atoms with Crippen LogP contribution in [0.1, 0.15) is 15.9 Å². The quantitative estimate of drug-likeness (QED) is 0.850. The van der Waals surface area contributed by atoms with Crippen LogP contribution >= 0.6 is 0 Å². The van der Waals surface area contributed by atoms with Crippen molar-refractivity contribution in [3.63, 3.8) is 0 Å². The van der Waals surface area contributed by atoms with E-state index in [1.54, 1.807) is 12.3 Å². The smallest absolute Gasteiger partial charge is 0.249 e. The molecule has 1 aromatic heterocycles. The third-order valence-electron chi connectivity index (χ3n) is 2.78. The number of rotatable bonds is 4. The standard InChI is InChI=1S/C14H14N2O2/c15-14(18)12-5-7-16-9-13(12)11-4-2-1-3-10(11)6-8-17/h1-5,7,9,17H,6,8H2,(H2,15,18). The normalized spacial score (nSPS) is 10.3. The number of aliphatic hydroxyl groups is 1. The Kier molecular flexibility index (Phi) is 3.69. The molecule has 0 aliphatic rings. The molecule has 4 heteroatoms. The highest BCUT2D eigenvalue weighted by atomic mass is 16.2. The number of aliphatic hydroxyl groups excluding tert-OH is 1. The predicted molar refractivity (Wildman–Crippen MR) is 69.0 cm³/mol. The number of carbonyl (C=O) groups is 1. The van der Waals surface area contributed by atoms with Crippen LogP contribution in [0.5, 0.6) is 0 Å². The van der Waals surface area contributed by atoms with Gasteiger partial charge in [0.2, 0.25) is 5.91 Å². The van der Waals surface area contributed by atoms with Gasteiger partial charge in [-0.1, -0.05) is 24.3 Å². The van der Waals surface area contributed by atoms with Crippen molar-refractivity contribution in [1.82, 2.24) is 4.98 Å². The van der Waals surface area contributed by atoms with Gasteiger partial charge in [0, 0.05) is 30.1 Å². The first kappa shape index (κ1) is 12.3. The molecule has 4 nitrogen and oxygen atoms in total. The minimum Gasteiger partial charge on any atom is -0.396 e. The van der Waals surface area contributed by atoms with E-state index in [4.69, 9.17) is 10.8 Å². The molecule has 3 N–H and O–H groups in total. The molecule has 18 heavy (non-hydrogen) atoms. The molecule has 0 unspecified atom stereocenters. The average Bonchev–Trinajstić information content (AvgIpc) is 2.40. The highest BCUT2D eigenvalue weighted by molar-refractivity contribution is 5.99. The fourth-order valence-electron chi connectivity index (χ4n) is 1.95. The number of nitrogens with zero attached hydrogens (tertiary/aromatic N) is 1. The molecule has 0 saturated carbocycles. The van der Waals surface area contributed by atoms with Crippen LogP contribution in [0.4, 0.5) is 0 Å². The van der Waals surface area contributed by atoms with Crippen LogP contribution in [0.2, 0.25) is 0 Å². The largest absolute Gasteiger partial charge is 0.396 e. The molecule has 92 valence electrons. The zero-order valence-electron chi connectivity index (χ0n) is 9.84.